The van der Waals surface area contributed by atoms with E-state index >= 15 is 0 Å². The fourth-order valence-corrected chi connectivity index (χ4v) is 3.26. The van der Waals surface area contributed by atoms with Gasteiger partial charge in [0.05, 0.1) is 0 Å². The van der Waals surface area contributed by atoms with Crippen molar-refractivity contribution in [2.45, 2.75) is 46.5 Å². The summed E-state index contributed by atoms with van der Waals surface area (Å²) in [6.07, 6.45) is 4.09. The van der Waals surface area contributed by atoms with Crippen molar-refractivity contribution >= 4 is 5.78 Å². The van der Waals surface area contributed by atoms with E-state index in [9.17, 15) is 4.79 Å². The highest BCUT2D eigenvalue weighted by Gasteiger charge is 2.28. The van der Waals surface area contributed by atoms with E-state index in [0.717, 1.165) is 18.4 Å². The molecule has 1 aromatic rings. The molecule has 0 aliphatic heterocycles. The molecule has 0 saturated heterocycles. The molecule has 0 radical (unpaired) electrons. The van der Waals surface area contributed by atoms with Gasteiger partial charge in [-0.05, 0) is 43.6 Å². The van der Waals surface area contributed by atoms with Crippen LogP contribution in [0.5, 0.6) is 0 Å². The molecule has 0 heterocycles. The summed E-state index contributed by atoms with van der Waals surface area (Å²) < 4.78 is 0. The third kappa shape index (κ3) is 3.44. The Morgan fingerprint density at radius 1 is 1.06 bits per heavy atom. The Kier molecular flexibility index (Phi) is 4.21. The molecule has 2 unspecified atom stereocenters. The first-order valence-corrected chi connectivity index (χ1v) is 7.13. The summed E-state index contributed by atoms with van der Waals surface area (Å²) in [5, 5.41) is 0. The van der Waals surface area contributed by atoms with Gasteiger partial charge < -0.3 is 0 Å². The second-order valence-electron chi connectivity index (χ2n) is 6.24. The summed E-state index contributed by atoms with van der Waals surface area (Å²) in [5.41, 5.74) is 2.42. The van der Waals surface area contributed by atoms with Gasteiger partial charge in [-0.15, -0.1) is 0 Å². The topological polar surface area (TPSA) is 17.1 Å². The monoisotopic (exact) mass is 244 g/mol. The van der Waals surface area contributed by atoms with Crippen molar-refractivity contribution in [3.05, 3.63) is 35.4 Å². The molecule has 1 aromatic carbocycles. The predicted molar refractivity (Wildman–Crippen MR) is 75.6 cm³/mol. The highest BCUT2D eigenvalue weighted by molar-refractivity contribution is 5.83. The van der Waals surface area contributed by atoms with Crippen LogP contribution in [0, 0.1) is 24.7 Å². The van der Waals surface area contributed by atoms with Crippen LogP contribution in [0.1, 0.15) is 44.2 Å². The van der Waals surface area contributed by atoms with E-state index in [1.807, 2.05) is 0 Å². The molecule has 2 atom stereocenters. The van der Waals surface area contributed by atoms with Gasteiger partial charge >= 0.3 is 0 Å². The molecule has 0 aromatic heterocycles. The number of carbonyl (C=O) groups is 1. The minimum Gasteiger partial charge on any atom is -0.299 e. The maximum Gasteiger partial charge on any atom is 0.140 e. The van der Waals surface area contributed by atoms with Crippen LogP contribution in [0.3, 0.4) is 0 Å². The Morgan fingerprint density at radius 2 is 1.61 bits per heavy atom. The highest BCUT2D eigenvalue weighted by atomic mass is 16.1. The maximum atomic E-state index is 12.3. The van der Waals surface area contributed by atoms with Gasteiger partial charge in [-0.25, -0.2) is 0 Å². The summed E-state index contributed by atoms with van der Waals surface area (Å²) in [5.74, 6) is 2.16. The van der Waals surface area contributed by atoms with Crippen LogP contribution in [0.25, 0.3) is 0 Å². The molecular formula is C17H24O. The number of aryl methyl sites for hydroxylation is 1. The molecule has 0 spiro atoms. The lowest BCUT2D eigenvalue weighted by Crippen LogP contribution is -2.27. The molecule has 0 amide bonds. The zero-order valence-corrected chi connectivity index (χ0v) is 11.8. The smallest absolute Gasteiger partial charge is 0.140 e. The van der Waals surface area contributed by atoms with Crippen molar-refractivity contribution in [1.82, 2.24) is 0 Å². The summed E-state index contributed by atoms with van der Waals surface area (Å²) in [7, 11) is 0. The van der Waals surface area contributed by atoms with Crippen molar-refractivity contribution in [2.75, 3.05) is 0 Å². The molecule has 1 nitrogen and oxygen atoms in total. The van der Waals surface area contributed by atoms with Gasteiger partial charge in [0.2, 0.25) is 0 Å². The molecule has 1 saturated carbocycles. The number of ketones is 1. The van der Waals surface area contributed by atoms with Crippen LogP contribution in [-0.4, -0.2) is 5.78 Å². The fraction of sp³-hybridized carbons (Fsp3) is 0.588. The van der Waals surface area contributed by atoms with Crippen molar-refractivity contribution in [3.8, 4) is 0 Å². The molecular weight excluding hydrogens is 220 g/mol. The molecule has 98 valence electrons. The van der Waals surface area contributed by atoms with Gasteiger partial charge in [-0.1, -0.05) is 43.7 Å². The Morgan fingerprint density at radius 3 is 2.17 bits per heavy atom. The summed E-state index contributed by atoms with van der Waals surface area (Å²) >= 11 is 0. The van der Waals surface area contributed by atoms with Gasteiger partial charge in [0.15, 0.2) is 0 Å². The largest absolute Gasteiger partial charge is 0.299 e. The van der Waals surface area contributed by atoms with Crippen LogP contribution in [0.2, 0.25) is 0 Å². The number of rotatable bonds is 3. The predicted octanol–water partition coefficient (Wildman–Crippen LogP) is 4.18. The lowest BCUT2D eigenvalue weighted by molar-refractivity contribution is -0.124. The Labute approximate surface area is 111 Å². The van der Waals surface area contributed by atoms with Crippen LogP contribution < -0.4 is 0 Å². The SMILES string of the molecule is Cc1ccc(CC(=O)C2CC(C)CC(C)C2)cc1. The Bertz CT molecular complexity index is 394. The number of Topliss-reactive ketones (excluding diaryl/α,β-unsaturated/α-hetero) is 1. The standard InChI is InChI=1S/C17H24O/c1-12-4-6-15(7-5-12)11-17(18)16-9-13(2)8-14(3)10-16/h4-7,13-14,16H,8-11H2,1-3H3. The average Bonchev–Trinajstić information content (AvgIpc) is 2.31. The zero-order valence-electron chi connectivity index (χ0n) is 11.8. The Balaban J connectivity index is 1.97. The maximum absolute atomic E-state index is 12.3. The van der Waals surface area contributed by atoms with Gasteiger partial charge in [-0.3, -0.25) is 4.79 Å². The van der Waals surface area contributed by atoms with E-state index < -0.39 is 0 Å². The van der Waals surface area contributed by atoms with Crippen molar-refractivity contribution in [2.24, 2.45) is 17.8 Å². The third-order valence-electron chi connectivity index (χ3n) is 4.13. The second-order valence-corrected chi connectivity index (χ2v) is 6.24. The summed E-state index contributed by atoms with van der Waals surface area (Å²) in [4.78, 5) is 12.3. The summed E-state index contributed by atoms with van der Waals surface area (Å²) in [6, 6.07) is 8.36. The van der Waals surface area contributed by atoms with Crippen LogP contribution in [-0.2, 0) is 11.2 Å². The molecule has 1 aliphatic rings. The minimum absolute atomic E-state index is 0.296. The molecule has 1 fully saturated rings. The van der Waals surface area contributed by atoms with Crippen LogP contribution >= 0.6 is 0 Å². The van der Waals surface area contributed by atoms with Gasteiger partial charge in [0.1, 0.15) is 5.78 Å². The van der Waals surface area contributed by atoms with Gasteiger partial charge in [0.25, 0.3) is 0 Å². The fourth-order valence-electron chi connectivity index (χ4n) is 3.26. The molecule has 0 bridgehead atoms. The number of hydrogen-bond donors (Lipinski definition) is 0. The van der Waals surface area contributed by atoms with E-state index in [1.165, 1.54) is 12.0 Å². The van der Waals surface area contributed by atoms with Crippen LogP contribution in [0.15, 0.2) is 24.3 Å². The second kappa shape index (κ2) is 5.69. The van der Waals surface area contributed by atoms with Gasteiger partial charge in [-0.2, -0.15) is 0 Å². The lowest BCUT2D eigenvalue weighted by Gasteiger charge is -2.30. The molecule has 1 aliphatic carbocycles. The molecule has 1 heteroatoms. The van der Waals surface area contributed by atoms with E-state index in [1.54, 1.807) is 0 Å². The van der Waals surface area contributed by atoms with Crippen LogP contribution in [0.4, 0.5) is 0 Å². The van der Waals surface area contributed by atoms with Crippen molar-refractivity contribution in [3.63, 3.8) is 0 Å². The Hall–Kier alpha value is -1.11. The minimum atomic E-state index is 0.296. The normalized spacial score (nSPS) is 28.1. The quantitative estimate of drug-likeness (QED) is 0.779. The van der Waals surface area contributed by atoms with E-state index in [4.69, 9.17) is 0 Å². The third-order valence-corrected chi connectivity index (χ3v) is 4.13. The number of hydrogen-bond acceptors (Lipinski definition) is 1. The number of benzene rings is 1. The first kappa shape index (κ1) is 13.3. The first-order chi connectivity index (χ1) is 8.54. The van der Waals surface area contributed by atoms with Crippen molar-refractivity contribution in [1.29, 1.82) is 0 Å². The van der Waals surface area contributed by atoms with E-state index in [-0.39, 0.29) is 0 Å². The van der Waals surface area contributed by atoms with Crippen molar-refractivity contribution < 1.29 is 4.79 Å². The first-order valence-electron chi connectivity index (χ1n) is 7.13. The highest BCUT2D eigenvalue weighted by Crippen LogP contribution is 2.33. The molecule has 2 rings (SSSR count). The average molecular weight is 244 g/mol. The molecule has 18 heavy (non-hydrogen) atoms. The van der Waals surface area contributed by atoms with Gasteiger partial charge in [0, 0.05) is 12.3 Å². The molecule has 0 N–H and O–H groups in total. The van der Waals surface area contributed by atoms with E-state index in [0.29, 0.717) is 30.0 Å². The zero-order chi connectivity index (χ0) is 13.1. The summed E-state index contributed by atoms with van der Waals surface area (Å²) in [6.45, 7) is 6.64. The lowest BCUT2D eigenvalue weighted by atomic mass is 9.74. The van der Waals surface area contributed by atoms with E-state index in [2.05, 4.69) is 45.0 Å². The number of carbonyl (C=O) groups excluding carboxylic acids is 1.